The predicted molar refractivity (Wildman–Crippen MR) is 123 cm³/mol. The topological polar surface area (TPSA) is 97.8 Å². The summed E-state index contributed by atoms with van der Waals surface area (Å²) in [6, 6.07) is 9.77. The largest absolute Gasteiger partial charge is 0.497 e. The van der Waals surface area contributed by atoms with Crippen molar-refractivity contribution in [3.8, 4) is 17.5 Å². The van der Waals surface area contributed by atoms with E-state index in [0.717, 1.165) is 59.5 Å². The highest BCUT2D eigenvalue weighted by Crippen LogP contribution is 2.31. The lowest BCUT2D eigenvalue weighted by molar-refractivity contribution is -0.113. The number of thioether (sulfide) groups is 1. The highest BCUT2D eigenvalue weighted by atomic mass is 32.2. The fourth-order valence-corrected chi connectivity index (χ4v) is 4.76. The first kappa shape index (κ1) is 22.0. The number of nitrogens with zero attached hydrogens (tertiary/aromatic N) is 5. The van der Waals surface area contributed by atoms with Gasteiger partial charge >= 0.3 is 0 Å². The van der Waals surface area contributed by atoms with Gasteiger partial charge < -0.3 is 14.6 Å². The zero-order valence-corrected chi connectivity index (χ0v) is 19.3. The van der Waals surface area contributed by atoms with Crippen LogP contribution in [0.1, 0.15) is 41.9 Å². The van der Waals surface area contributed by atoms with Gasteiger partial charge in [-0.3, -0.25) is 9.36 Å². The molecule has 1 aliphatic rings. The van der Waals surface area contributed by atoms with Crippen LogP contribution in [0, 0.1) is 25.2 Å². The maximum Gasteiger partial charge on any atom is 0.236 e. The summed E-state index contributed by atoms with van der Waals surface area (Å²) in [5.41, 5.74) is 3.05. The third-order valence-electron chi connectivity index (χ3n) is 5.82. The van der Waals surface area contributed by atoms with Gasteiger partial charge in [0.2, 0.25) is 5.91 Å². The fraction of sp³-hybridized carbons (Fsp3) is 0.391. The van der Waals surface area contributed by atoms with Crippen LogP contribution in [0.5, 0.6) is 5.75 Å². The van der Waals surface area contributed by atoms with Crippen molar-refractivity contribution in [1.82, 2.24) is 19.3 Å². The molecule has 9 heteroatoms. The van der Waals surface area contributed by atoms with Gasteiger partial charge in [0.25, 0.3) is 0 Å². The lowest BCUT2D eigenvalue weighted by atomic mass is 10.2. The zero-order chi connectivity index (χ0) is 22.7. The van der Waals surface area contributed by atoms with Crippen molar-refractivity contribution < 1.29 is 9.53 Å². The number of hydrogen-bond acceptors (Lipinski definition) is 6. The third kappa shape index (κ3) is 4.23. The van der Waals surface area contributed by atoms with E-state index in [1.54, 1.807) is 7.11 Å². The summed E-state index contributed by atoms with van der Waals surface area (Å²) in [4.78, 5) is 12.9. The second-order valence-corrected chi connectivity index (χ2v) is 8.72. The van der Waals surface area contributed by atoms with Crippen molar-refractivity contribution in [2.75, 3.05) is 18.2 Å². The van der Waals surface area contributed by atoms with Crippen LogP contribution in [0.15, 0.2) is 29.4 Å². The van der Waals surface area contributed by atoms with Crippen molar-refractivity contribution in [3.05, 3.63) is 46.9 Å². The molecule has 0 saturated carbocycles. The molecule has 1 aliphatic heterocycles. The van der Waals surface area contributed by atoms with Crippen molar-refractivity contribution in [2.45, 2.75) is 51.2 Å². The standard InChI is InChI=1S/C23H26N6O2S/c1-15-16(2)29(17-8-10-18(31-3)11-9-17)22(19(15)13-24)25-21(30)14-32-23-27-26-20-7-5-4-6-12-28(20)23/h8-11H,4-7,12,14H2,1-3H3,(H,25,30). The van der Waals surface area contributed by atoms with E-state index in [1.165, 1.54) is 18.2 Å². The Bertz CT molecular complexity index is 1170. The quantitative estimate of drug-likeness (QED) is 0.570. The Morgan fingerprint density at radius 3 is 2.72 bits per heavy atom. The Labute approximate surface area is 191 Å². The molecule has 4 rings (SSSR count). The molecule has 2 aromatic heterocycles. The van der Waals surface area contributed by atoms with Gasteiger partial charge in [0.15, 0.2) is 5.16 Å². The molecule has 3 heterocycles. The number of amides is 1. The molecule has 3 aromatic rings. The first-order valence-electron chi connectivity index (χ1n) is 10.6. The summed E-state index contributed by atoms with van der Waals surface area (Å²) < 4.78 is 9.27. The van der Waals surface area contributed by atoms with Crippen LogP contribution in [0.3, 0.4) is 0 Å². The van der Waals surface area contributed by atoms with Gasteiger partial charge in [0.1, 0.15) is 23.5 Å². The lowest BCUT2D eigenvalue weighted by Gasteiger charge is -2.14. The van der Waals surface area contributed by atoms with Gasteiger partial charge in [-0.25, -0.2) is 0 Å². The number of hydrogen-bond donors (Lipinski definition) is 1. The number of rotatable bonds is 6. The molecule has 0 saturated heterocycles. The van der Waals surface area contributed by atoms with E-state index in [4.69, 9.17) is 4.74 Å². The summed E-state index contributed by atoms with van der Waals surface area (Å²) in [5.74, 6) is 2.22. The summed E-state index contributed by atoms with van der Waals surface area (Å²) in [6.45, 7) is 4.73. The van der Waals surface area contributed by atoms with E-state index in [-0.39, 0.29) is 11.7 Å². The van der Waals surface area contributed by atoms with Gasteiger partial charge in [-0.15, -0.1) is 10.2 Å². The first-order valence-corrected chi connectivity index (χ1v) is 11.6. The van der Waals surface area contributed by atoms with E-state index in [2.05, 4.69) is 26.2 Å². The number of nitriles is 1. The third-order valence-corrected chi connectivity index (χ3v) is 6.79. The van der Waals surface area contributed by atoms with Crippen LogP contribution in [-0.2, 0) is 17.8 Å². The minimum absolute atomic E-state index is 0.189. The second-order valence-electron chi connectivity index (χ2n) is 7.78. The Kier molecular flexibility index (Phi) is 6.51. The SMILES string of the molecule is COc1ccc(-n2c(C)c(C)c(C#N)c2NC(=O)CSc2nnc3n2CCCCC3)cc1. The van der Waals surface area contributed by atoms with E-state index >= 15 is 0 Å². The molecule has 1 amide bonds. The molecule has 8 nitrogen and oxygen atoms in total. The molecule has 0 bridgehead atoms. The predicted octanol–water partition coefficient (Wildman–Crippen LogP) is 4.02. The van der Waals surface area contributed by atoms with Crippen LogP contribution in [0.4, 0.5) is 5.82 Å². The Balaban J connectivity index is 1.56. The molecule has 0 unspecified atom stereocenters. The van der Waals surface area contributed by atoms with Crippen LogP contribution in [-0.4, -0.2) is 38.1 Å². The van der Waals surface area contributed by atoms with Gasteiger partial charge in [-0.05, 0) is 56.5 Å². The first-order chi connectivity index (χ1) is 15.5. The maximum atomic E-state index is 12.9. The zero-order valence-electron chi connectivity index (χ0n) is 18.5. The molecule has 166 valence electrons. The van der Waals surface area contributed by atoms with E-state index in [1.807, 2.05) is 42.7 Å². The molecule has 1 aromatic carbocycles. The molecule has 0 atom stereocenters. The van der Waals surface area contributed by atoms with Crippen molar-refractivity contribution in [3.63, 3.8) is 0 Å². The molecule has 0 spiro atoms. The fourth-order valence-electron chi connectivity index (χ4n) is 3.98. The van der Waals surface area contributed by atoms with Crippen LogP contribution in [0.25, 0.3) is 5.69 Å². The monoisotopic (exact) mass is 450 g/mol. The summed E-state index contributed by atoms with van der Waals surface area (Å²) >= 11 is 1.38. The van der Waals surface area contributed by atoms with E-state index in [9.17, 15) is 10.1 Å². The molecular weight excluding hydrogens is 424 g/mol. The van der Waals surface area contributed by atoms with Crippen molar-refractivity contribution >= 4 is 23.5 Å². The number of aromatic nitrogens is 4. The Hall–Kier alpha value is -3.25. The number of anilines is 1. The van der Waals surface area contributed by atoms with Gasteiger partial charge in [0, 0.05) is 24.3 Å². The normalized spacial score (nSPS) is 13.2. The van der Waals surface area contributed by atoms with E-state index < -0.39 is 0 Å². The highest BCUT2D eigenvalue weighted by molar-refractivity contribution is 7.99. The van der Waals surface area contributed by atoms with E-state index in [0.29, 0.717) is 11.4 Å². The molecule has 0 aliphatic carbocycles. The van der Waals surface area contributed by atoms with Crippen molar-refractivity contribution in [1.29, 1.82) is 5.26 Å². The number of nitrogens with one attached hydrogen (secondary N) is 1. The lowest BCUT2D eigenvalue weighted by Crippen LogP contribution is -2.18. The van der Waals surface area contributed by atoms with Crippen molar-refractivity contribution in [2.24, 2.45) is 0 Å². The smallest absolute Gasteiger partial charge is 0.236 e. The van der Waals surface area contributed by atoms with Gasteiger partial charge in [0.05, 0.1) is 18.4 Å². The minimum Gasteiger partial charge on any atom is -0.497 e. The number of aryl methyl sites for hydroxylation is 1. The number of ether oxygens (including phenoxy) is 1. The van der Waals surface area contributed by atoms with Gasteiger partial charge in [-0.1, -0.05) is 18.2 Å². The van der Waals surface area contributed by atoms with Crippen LogP contribution >= 0.6 is 11.8 Å². The number of methoxy groups -OCH3 is 1. The minimum atomic E-state index is -0.190. The Morgan fingerprint density at radius 2 is 2.00 bits per heavy atom. The molecule has 0 fully saturated rings. The average Bonchev–Trinajstić information content (AvgIpc) is 3.18. The molecule has 0 radical (unpaired) electrons. The molecule has 1 N–H and O–H groups in total. The van der Waals surface area contributed by atoms with Gasteiger partial charge in [-0.2, -0.15) is 5.26 Å². The summed E-state index contributed by atoms with van der Waals surface area (Å²) in [6.07, 6.45) is 4.34. The van der Waals surface area contributed by atoms with Crippen LogP contribution < -0.4 is 10.1 Å². The number of benzene rings is 1. The Morgan fingerprint density at radius 1 is 1.22 bits per heavy atom. The number of carbonyl (C=O) groups excluding carboxylic acids is 1. The molecule has 32 heavy (non-hydrogen) atoms. The summed E-state index contributed by atoms with van der Waals surface area (Å²) in [5, 5.41) is 22.1. The number of fused-ring (bicyclic) bond motifs is 1. The molecular formula is C23H26N6O2S. The van der Waals surface area contributed by atoms with Crippen LogP contribution in [0.2, 0.25) is 0 Å². The summed E-state index contributed by atoms with van der Waals surface area (Å²) in [7, 11) is 1.62. The maximum absolute atomic E-state index is 12.9. The highest BCUT2D eigenvalue weighted by Gasteiger charge is 2.22. The average molecular weight is 451 g/mol. The number of carbonyl (C=O) groups is 1. The second kappa shape index (κ2) is 9.49.